The first kappa shape index (κ1) is 13.2. The molecule has 0 aliphatic rings. The van der Waals surface area contributed by atoms with Crippen LogP contribution in [0.3, 0.4) is 0 Å². The van der Waals surface area contributed by atoms with Crippen LogP contribution in [0.4, 0.5) is 0 Å². The van der Waals surface area contributed by atoms with Gasteiger partial charge in [-0.2, -0.15) is 0 Å². The van der Waals surface area contributed by atoms with E-state index < -0.39 is 0 Å². The van der Waals surface area contributed by atoms with Gasteiger partial charge in [0.25, 0.3) is 0 Å². The largest absolute Gasteiger partial charge is 0.356 e. The summed E-state index contributed by atoms with van der Waals surface area (Å²) in [7, 11) is 0. The molecule has 0 aliphatic carbocycles. The molecule has 0 spiro atoms. The maximum Gasteiger partial charge on any atom is 0.220 e. The molecule has 0 aromatic carbocycles. The van der Waals surface area contributed by atoms with Crippen LogP contribution in [0.2, 0.25) is 0 Å². The van der Waals surface area contributed by atoms with Crippen LogP contribution in [-0.4, -0.2) is 22.4 Å². The predicted molar refractivity (Wildman–Crippen MR) is 73.5 cm³/mol. The van der Waals surface area contributed by atoms with Crippen molar-refractivity contribution in [3.63, 3.8) is 0 Å². The standard InChI is InChI=1S/C15H17N3O/c19-15(4-3-13-5-9-16-10-6-13)18-11-7-14-2-1-8-17-12-14/h1-2,5-6,8-10,12H,3-4,7,11H2,(H,18,19). The number of hydrogen-bond donors (Lipinski definition) is 1. The molecule has 1 N–H and O–H groups in total. The highest BCUT2D eigenvalue weighted by atomic mass is 16.1. The molecule has 98 valence electrons. The van der Waals surface area contributed by atoms with E-state index in [2.05, 4.69) is 15.3 Å². The van der Waals surface area contributed by atoms with E-state index >= 15 is 0 Å². The molecule has 0 saturated heterocycles. The SMILES string of the molecule is O=C(CCc1ccncc1)NCCc1cccnc1. The summed E-state index contributed by atoms with van der Waals surface area (Å²) in [5, 5.41) is 2.92. The summed E-state index contributed by atoms with van der Waals surface area (Å²) in [5.74, 6) is 0.0840. The van der Waals surface area contributed by atoms with Crippen LogP contribution in [0.5, 0.6) is 0 Å². The van der Waals surface area contributed by atoms with E-state index in [4.69, 9.17) is 0 Å². The van der Waals surface area contributed by atoms with Gasteiger partial charge >= 0.3 is 0 Å². The van der Waals surface area contributed by atoms with Gasteiger partial charge in [-0.05, 0) is 42.2 Å². The molecule has 0 bridgehead atoms. The van der Waals surface area contributed by atoms with Crippen LogP contribution in [0.15, 0.2) is 49.1 Å². The first-order chi connectivity index (χ1) is 9.34. The minimum atomic E-state index is 0.0840. The number of pyridine rings is 2. The normalized spacial score (nSPS) is 10.1. The summed E-state index contributed by atoms with van der Waals surface area (Å²) >= 11 is 0. The lowest BCUT2D eigenvalue weighted by Gasteiger charge is -2.05. The monoisotopic (exact) mass is 255 g/mol. The highest BCUT2D eigenvalue weighted by Gasteiger charge is 2.01. The maximum absolute atomic E-state index is 11.7. The fraction of sp³-hybridized carbons (Fsp3) is 0.267. The van der Waals surface area contributed by atoms with Crippen LogP contribution in [-0.2, 0) is 17.6 Å². The molecule has 2 heterocycles. The van der Waals surface area contributed by atoms with Gasteiger partial charge < -0.3 is 5.32 Å². The Morgan fingerprint density at radius 1 is 1.00 bits per heavy atom. The molecule has 0 aliphatic heterocycles. The van der Waals surface area contributed by atoms with E-state index in [1.807, 2.05) is 30.5 Å². The molecule has 2 aromatic heterocycles. The lowest BCUT2D eigenvalue weighted by atomic mass is 10.1. The quantitative estimate of drug-likeness (QED) is 0.856. The molecule has 2 rings (SSSR count). The fourth-order valence-electron chi connectivity index (χ4n) is 1.79. The van der Waals surface area contributed by atoms with Crippen LogP contribution in [0.25, 0.3) is 0 Å². The number of amides is 1. The van der Waals surface area contributed by atoms with Crippen LogP contribution < -0.4 is 5.32 Å². The van der Waals surface area contributed by atoms with Crippen LogP contribution in [0.1, 0.15) is 17.5 Å². The molecule has 0 radical (unpaired) electrons. The zero-order valence-electron chi connectivity index (χ0n) is 10.7. The number of rotatable bonds is 6. The molecule has 19 heavy (non-hydrogen) atoms. The van der Waals surface area contributed by atoms with Crippen molar-refractivity contribution >= 4 is 5.91 Å². The van der Waals surface area contributed by atoms with Gasteiger partial charge in [0.2, 0.25) is 5.91 Å². The Morgan fingerprint density at radius 2 is 1.84 bits per heavy atom. The third kappa shape index (κ3) is 4.87. The van der Waals surface area contributed by atoms with E-state index in [1.54, 1.807) is 18.6 Å². The van der Waals surface area contributed by atoms with E-state index in [0.29, 0.717) is 13.0 Å². The van der Waals surface area contributed by atoms with Gasteiger partial charge in [-0.3, -0.25) is 14.8 Å². The lowest BCUT2D eigenvalue weighted by molar-refractivity contribution is -0.121. The number of carbonyl (C=O) groups is 1. The number of nitrogens with one attached hydrogen (secondary N) is 1. The van der Waals surface area contributed by atoms with Crippen molar-refractivity contribution < 1.29 is 4.79 Å². The summed E-state index contributed by atoms with van der Waals surface area (Å²) in [4.78, 5) is 19.7. The number of carbonyl (C=O) groups excluding carboxylic acids is 1. The lowest BCUT2D eigenvalue weighted by Crippen LogP contribution is -2.25. The molecule has 2 aromatic rings. The van der Waals surface area contributed by atoms with Gasteiger partial charge in [-0.1, -0.05) is 6.07 Å². The summed E-state index contributed by atoms with van der Waals surface area (Å²) in [6, 6.07) is 7.78. The van der Waals surface area contributed by atoms with E-state index in [9.17, 15) is 4.79 Å². The number of nitrogens with zero attached hydrogens (tertiary/aromatic N) is 2. The summed E-state index contributed by atoms with van der Waals surface area (Å²) in [6.45, 7) is 0.654. The summed E-state index contributed by atoms with van der Waals surface area (Å²) in [5.41, 5.74) is 2.27. The first-order valence-electron chi connectivity index (χ1n) is 6.39. The predicted octanol–water partition coefficient (Wildman–Crippen LogP) is 1.77. The highest BCUT2D eigenvalue weighted by Crippen LogP contribution is 2.01. The van der Waals surface area contributed by atoms with Crippen molar-refractivity contribution in [1.82, 2.24) is 15.3 Å². The van der Waals surface area contributed by atoms with Crippen LogP contribution >= 0.6 is 0 Å². The van der Waals surface area contributed by atoms with Crippen molar-refractivity contribution in [2.45, 2.75) is 19.3 Å². The Labute approximate surface area is 112 Å². The smallest absolute Gasteiger partial charge is 0.220 e. The molecule has 0 atom stereocenters. The van der Waals surface area contributed by atoms with Crippen LogP contribution in [0, 0.1) is 0 Å². The third-order valence-electron chi connectivity index (χ3n) is 2.85. The van der Waals surface area contributed by atoms with Gasteiger partial charge in [0.15, 0.2) is 0 Å². The topological polar surface area (TPSA) is 54.9 Å². The second-order valence-corrected chi connectivity index (χ2v) is 4.32. The number of hydrogen-bond acceptors (Lipinski definition) is 3. The zero-order chi connectivity index (χ0) is 13.3. The molecule has 0 saturated carbocycles. The number of aromatic nitrogens is 2. The molecule has 1 amide bonds. The molecule has 0 fully saturated rings. The molecular weight excluding hydrogens is 238 g/mol. The third-order valence-corrected chi connectivity index (χ3v) is 2.85. The molecule has 4 heteroatoms. The minimum absolute atomic E-state index is 0.0840. The minimum Gasteiger partial charge on any atom is -0.356 e. The second kappa shape index (κ2) is 7.26. The Hall–Kier alpha value is -2.23. The summed E-state index contributed by atoms with van der Waals surface area (Å²) < 4.78 is 0. The average Bonchev–Trinajstić information content (AvgIpc) is 2.47. The summed E-state index contributed by atoms with van der Waals surface area (Å²) in [6.07, 6.45) is 9.14. The Balaban J connectivity index is 1.65. The molecule has 4 nitrogen and oxygen atoms in total. The van der Waals surface area contributed by atoms with Crippen molar-refractivity contribution in [2.75, 3.05) is 6.54 Å². The Morgan fingerprint density at radius 3 is 2.58 bits per heavy atom. The zero-order valence-corrected chi connectivity index (χ0v) is 10.7. The molecular formula is C15H17N3O. The number of aryl methyl sites for hydroxylation is 1. The van der Waals surface area contributed by atoms with Gasteiger partial charge in [0, 0.05) is 37.8 Å². The Kier molecular flexibility index (Phi) is 5.05. The van der Waals surface area contributed by atoms with E-state index in [-0.39, 0.29) is 5.91 Å². The van der Waals surface area contributed by atoms with Crippen molar-refractivity contribution in [3.05, 3.63) is 60.2 Å². The van der Waals surface area contributed by atoms with Crippen molar-refractivity contribution in [1.29, 1.82) is 0 Å². The maximum atomic E-state index is 11.7. The van der Waals surface area contributed by atoms with Gasteiger partial charge in [0.05, 0.1) is 0 Å². The van der Waals surface area contributed by atoms with Crippen molar-refractivity contribution in [2.24, 2.45) is 0 Å². The van der Waals surface area contributed by atoms with Gasteiger partial charge in [-0.15, -0.1) is 0 Å². The average molecular weight is 255 g/mol. The van der Waals surface area contributed by atoms with E-state index in [1.165, 1.54) is 0 Å². The Bertz CT molecular complexity index is 499. The van der Waals surface area contributed by atoms with Crippen molar-refractivity contribution in [3.8, 4) is 0 Å². The van der Waals surface area contributed by atoms with E-state index in [0.717, 1.165) is 24.0 Å². The second-order valence-electron chi connectivity index (χ2n) is 4.32. The highest BCUT2D eigenvalue weighted by molar-refractivity contribution is 5.76. The molecule has 0 unspecified atom stereocenters. The van der Waals surface area contributed by atoms with Gasteiger partial charge in [-0.25, -0.2) is 0 Å². The van der Waals surface area contributed by atoms with Gasteiger partial charge in [0.1, 0.15) is 0 Å². The first-order valence-corrected chi connectivity index (χ1v) is 6.39. The fourth-order valence-corrected chi connectivity index (χ4v) is 1.79.